The van der Waals surface area contributed by atoms with Crippen LogP contribution in [-0.2, 0) is 14.3 Å². The first-order chi connectivity index (χ1) is 45.8. The zero-order valence-electron chi connectivity index (χ0n) is 62.6. The van der Waals surface area contributed by atoms with Gasteiger partial charge >= 0.3 is 0 Å². The van der Waals surface area contributed by atoms with Gasteiger partial charge in [0.15, 0.2) is 6.29 Å². The van der Waals surface area contributed by atoms with E-state index in [1.165, 1.54) is 398 Å². The Balaban J connectivity index is 2.00. The highest BCUT2D eigenvalue weighted by Crippen LogP contribution is 2.25. The van der Waals surface area contributed by atoms with E-state index >= 15 is 0 Å². The number of allylic oxidation sites excluding steroid dienone is 2. The van der Waals surface area contributed by atoms with E-state index in [9.17, 15) is 30.3 Å². The van der Waals surface area contributed by atoms with Gasteiger partial charge in [0.05, 0.1) is 25.4 Å². The Kier molecular flexibility index (Phi) is 71.2. The first-order valence-electron chi connectivity index (χ1n) is 42.4. The van der Waals surface area contributed by atoms with Gasteiger partial charge < -0.3 is 40.3 Å². The second kappa shape index (κ2) is 73.6. The number of carbonyl (C=O) groups is 1. The predicted molar refractivity (Wildman–Crippen MR) is 401 cm³/mol. The summed E-state index contributed by atoms with van der Waals surface area (Å²) >= 11 is 0. The van der Waals surface area contributed by atoms with Crippen molar-refractivity contribution in [1.82, 2.24) is 5.32 Å². The summed E-state index contributed by atoms with van der Waals surface area (Å²) in [6.07, 6.45) is 90.7. The molecule has 93 heavy (non-hydrogen) atoms. The molecule has 0 spiro atoms. The molecule has 1 fully saturated rings. The first-order valence-corrected chi connectivity index (χ1v) is 42.4. The highest BCUT2D eigenvalue weighted by Gasteiger charge is 2.44. The summed E-state index contributed by atoms with van der Waals surface area (Å²) in [5, 5.41) is 55.1. The lowest BCUT2D eigenvalue weighted by Crippen LogP contribution is -2.60. The van der Waals surface area contributed by atoms with Crippen molar-refractivity contribution in [3.8, 4) is 0 Å². The Hall–Kier alpha value is -1.07. The van der Waals surface area contributed by atoms with E-state index < -0.39 is 49.5 Å². The number of aliphatic hydroxyl groups is 5. The van der Waals surface area contributed by atoms with Gasteiger partial charge in [0.25, 0.3) is 0 Å². The average Bonchev–Trinajstić information content (AvgIpc) is 1.00. The van der Waals surface area contributed by atoms with Crippen molar-refractivity contribution >= 4 is 5.91 Å². The van der Waals surface area contributed by atoms with E-state index in [-0.39, 0.29) is 12.5 Å². The summed E-state index contributed by atoms with van der Waals surface area (Å²) in [5.74, 6) is -0.132. The fourth-order valence-electron chi connectivity index (χ4n) is 14.3. The van der Waals surface area contributed by atoms with Gasteiger partial charge in [-0.05, 0) is 38.5 Å². The molecule has 1 aliphatic rings. The van der Waals surface area contributed by atoms with Gasteiger partial charge in [-0.25, -0.2) is 0 Å². The lowest BCUT2D eigenvalue weighted by atomic mass is 9.99. The summed E-state index contributed by atoms with van der Waals surface area (Å²) in [6.45, 7) is 3.92. The van der Waals surface area contributed by atoms with Crippen molar-refractivity contribution in [2.75, 3.05) is 13.2 Å². The summed E-state index contributed by atoms with van der Waals surface area (Å²) in [5.41, 5.74) is 0. The summed E-state index contributed by atoms with van der Waals surface area (Å²) < 4.78 is 11.4. The van der Waals surface area contributed by atoms with Gasteiger partial charge in [-0.15, -0.1) is 0 Å². The fraction of sp³-hybridized carbons (Fsp3) is 0.964. The number of ether oxygens (including phenoxy) is 2. The molecule has 1 amide bonds. The molecule has 1 saturated heterocycles. The maximum atomic E-state index is 13.2. The Morgan fingerprint density at radius 3 is 0.871 bits per heavy atom. The number of aliphatic hydroxyl groups excluding tert-OH is 5. The van der Waals surface area contributed by atoms with Crippen molar-refractivity contribution in [2.24, 2.45) is 0 Å². The molecule has 0 aromatic heterocycles. The largest absolute Gasteiger partial charge is 0.394 e. The Morgan fingerprint density at radius 1 is 0.355 bits per heavy atom. The van der Waals surface area contributed by atoms with Gasteiger partial charge in [0.2, 0.25) is 5.91 Å². The summed E-state index contributed by atoms with van der Waals surface area (Å²) in [7, 11) is 0. The molecular weight excluding hydrogens is 1150 g/mol. The molecule has 0 radical (unpaired) electrons. The number of unbranched alkanes of at least 4 members (excludes halogenated alkanes) is 65. The number of rotatable bonds is 77. The van der Waals surface area contributed by atoms with Crippen LogP contribution in [0.25, 0.3) is 0 Å². The third kappa shape index (κ3) is 61.7. The Labute approximate surface area is 579 Å². The van der Waals surface area contributed by atoms with Crippen molar-refractivity contribution in [2.45, 2.75) is 506 Å². The molecule has 0 saturated carbocycles. The van der Waals surface area contributed by atoms with Crippen molar-refractivity contribution in [3.05, 3.63) is 12.2 Å². The van der Waals surface area contributed by atoms with Gasteiger partial charge in [-0.2, -0.15) is 0 Å². The number of amides is 1. The molecule has 1 heterocycles. The minimum Gasteiger partial charge on any atom is -0.394 e. The Morgan fingerprint density at radius 2 is 0.602 bits per heavy atom. The average molecular weight is 1320 g/mol. The van der Waals surface area contributed by atoms with Crippen LogP contribution in [0.2, 0.25) is 0 Å². The fourth-order valence-corrected chi connectivity index (χ4v) is 14.3. The van der Waals surface area contributed by atoms with E-state index in [0.29, 0.717) is 12.8 Å². The van der Waals surface area contributed by atoms with E-state index in [1.54, 1.807) is 0 Å². The lowest BCUT2D eigenvalue weighted by Gasteiger charge is -2.40. The van der Waals surface area contributed by atoms with Crippen molar-refractivity contribution in [3.63, 3.8) is 0 Å². The smallest absolute Gasteiger partial charge is 0.220 e. The SMILES string of the molecule is CCCCCCCCCC/C=C\CCCCCCCCCCCCCCCCCCCCCCCCCCCCCCCC(=O)NC(COC1OC(CO)C(O)C(O)C1O)C(O)CCCCCCCCCCCCCCCCCCCCCCCCCCCCCCC. The molecule has 6 N–H and O–H groups in total. The van der Waals surface area contributed by atoms with Crippen LogP contribution in [0, 0.1) is 0 Å². The molecule has 0 aromatic carbocycles. The normalized spacial score (nSPS) is 17.5. The summed E-state index contributed by atoms with van der Waals surface area (Å²) in [6, 6.07) is -0.717. The minimum atomic E-state index is -1.55. The molecular formula is C84H165NO8. The van der Waals surface area contributed by atoms with Crippen LogP contribution >= 0.6 is 0 Å². The molecule has 554 valence electrons. The van der Waals surface area contributed by atoms with E-state index in [1.807, 2.05) is 0 Å². The van der Waals surface area contributed by atoms with Crippen molar-refractivity contribution < 1.29 is 39.8 Å². The molecule has 7 unspecified atom stereocenters. The van der Waals surface area contributed by atoms with Crippen LogP contribution in [0.3, 0.4) is 0 Å². The highest BCUT2D eigenvalue weighted by molar-refractivity contribution is 5.76. The van der Waals surface area contributed by atoms with Gasteiger partial charge in [0, 0.05) is 6.42 Å². The molecule has 0 bridgehead atoms. The highest BCUT2D eigenvalue weighted by atomic mass is 16.7. The van der Waals surface area contributed by atoms with Crippen LogP contribution in [0.4, 0.5) is 0 Å². The van der Waals surface area contributed by atoms with Gasteiger partial charge in [0.1, 0.15) is 24.4 Å². The number of carbonyl (C=O) groups excluding carboxylic acids is 1. The Bertz CT molecular complexity index is 1480. The molecule has 0 aromatic rings. The number of nitrogens with one attached hydrogen (secondary N) is 1. The molecule has 1 aliphatic heterocycles. The molecule has 7 atom stereocenters. The number of hydrogen-bond donors (Lipinski definition) is 6. The van der Waals surface area contributed by atoms with Gasteiger partial charge in [-0.3, -0.25) is 4.79 Å². The van der Waals surface area contributed by atoms with Crippen LogP contribution < -0.4 is 5.32 Å². The first kappa shape index (κ1) is 89.9. The monoisotopic (exact) mass is 1320 g/mol. The van der Waals surface area contributed by atoms with E-state index in [0.717, 1.165) is 38.5 Å². The second-order valence-electron chi connectivity index (χ2n) is 30.0. The van der Waals surface area contributed by atoms with Crippen molar-refractivity contribution in [1.29, 1.82) is 0 Å². The quantitative estimate of drug-likeness (QED) is 0.0261. The topological polar surface area (TPSA) is 149 Å². The molecule has 0 aliphatic carbocycles. The third-order valence-corrected chi connectivity index (χ3v) is 20.9. The van der Waals surface area contributed by atoms with E-state index in [2.05, 4.69) is 31.3 Å². The third-order valence-electron chi connectivity index (χ3n) is 20.9. The second-order valence-corrected chi connectivity index (χ2v) is 30.0. The predicted octanol–water partition coefficient (Wildman–Crippen LogP) is 24.6. The van der Waals surface area contributed by atoms with Gasteiger partial charge in [-0.1, -0.05) is 431 Å². The van der Waals surface area contributed by atoms with Crippen LogP contribution in [0.15, 0.2) is 12.2 Å². The minimum absolute atomic E-state index is 0.131. The molecule has 9 heteroatoms. The maximum Gasteiger partial charge on any atom is 0.220 e. The van der Waals surface area contributed by atoms with Crippen LogP contribution in [-0.4, -0.2) is 87.5 Å². The molecule has 1 rings (SSSR count). The molecule has 9 nitrogen and oxygen atoms in total. The maximum absolute atomic E-state index is 13.2. The standard InChI is InChI=1S/C84H165NO8/c1-3-5-7-9-11-13-15-17-19-21-23-25-27-29-31-33-34-35-36-37-38-39-40-41-42-43-44-46-48-50-52-54-56-58-60-62-64-66-68-70-72-74-80(88)85-77(76-92-84-83(91)82(90)81(89)79(75-86)93-84)78(87)73-71-69-67-65-63-61-59-57-55-53-51-49-47-45-32-30-28-26-24-22-20-18-16-14-12-10-8-6-4-2/h21,23,77-79,81-84,86-87,89-91H,3-20,22,24-76H2,1-2H3,(H,85,88)/b23-21-. The van der Waals surface area contributed by atoms with Crippen LogP contribution in [0.1, 0.15) is 463 Å². The number of hydrogen-bond acceptors (Lipinski definition) is 8. The van der Waals surface area contributed by atoms with E-state index in [4.69, 9.17) is 9.47 Å². The summed E-state index contributed by atoms with van der Waals surface area (Å²) in [4.78, 5) is 13.2. The van der Waals surface area contributed by atoms with Crippen LogP contribution in [0.5, 0.6) is 0 Å². The lowest BCUT2D eigenvalue weighted by molar-refractivity contribution is -0.302. The zero-order chi connectivity index (χ0) is 67.1. The zero-order valence-corrected chi connectivity index (χ0v) is 62.6.